The van der Waals surface area contributed by atoms with Crippen LogP contribution in [0.3, 0.4) is 0 Å². The van der Waals surface area contributed by atoms with E-state index in [1.807, 2.05) is 24.3 Å². The molecule has 0 unspecified atom stereocenters. The van der Waals surface area contributed by atoms with Gasteiger partial charge in [-0.1, -0.05) is 107 Å². The number of alkyl carbamates (subject to hydrolysis) is 1. The summed E-state index contributed by atoms with van der Waals surface area (Å²) in [6.07, 6.45) is 11.0. The number of hydrogen-bond acceptors (Lipinski definition) is 5. The number of benzene rings is 2. The third-order valence-corrected chi connectivity index (χ3v) is 6.83. The maximum atomic E-state index is 12.2. The third kappa shape index (κ3) is 9.84. The maximum absolute atomic E-state index is 12.2. The molecule has 0 bridgehead atoms. The van der Waals surface area contributed by atoms with Crippen LogP contribution in [0.4, 0.5) is 4.79 Å². The van der Waals surface area contributed by atoms with Gasteiger partial charge in [-0.25, -0.2) is 4.79 Å². The Labute approximate surface area is 222 Å². The lowest BCUT2D eigenvalue weighted by Crippen LogP contribution is -2.29. The number of nitrogens with one attached hydrogen (secondary N) is 1. The predicted molar refractivity (Wildman–Crippen MR) is 147 cm³/mol. The molecule has 202 valence electrons. The van der Waals surface area contributed by atoms with Gasteiger partial charge in [-0.3, -0.25) is 4.79 Å². The van der Waals surface area contributed by atoms with Gasteiger partial charge in [0.05, 0.1) is 13.2 Å². The van der Waals surface area contributed by atoms with Crippen LogP contribution in [0.2, 0.25) is 0 Å². The summed E-state index contributed by atoms with van der Waals surface area (Å²) < 4.78 is 16.2. The number of carbonyl (C=O) groups excluding carboxylic acids is 2. The summed E-state index contributed by atoms with van der Waals surface area (Å²) in [5.41, 5.74) is 4.78. The Morgan fingerprint density at radius 1 is 0.730 bits per heavy atom. The number of hydrogen-bond donors (Lipinski definition) is 1. The molecule has 37 heavy (non-hydrogen) atoms. The molecule has 0 aromatic heterocycles. The van der Waals surface area contributed by atoms with Crippen molar-refractivity contribution in [1.29, 1.82) is 0 Å². The molecule has 1 amide bonds. The van der Waals surface area contributed by atoms with Crippen LogP contribution in [0.25, 0.3) is 11.1 Å². The number of fused-ring (bicyclic) bond motifs is 3. The molecule has 1 aliphatic carbocycles. The van der Waals surface area contributed by atoms with Crippen molar-refractivity contribution in [2.75, 3.05) is 33.0 Å². The monoisotopic (exact) mass is 509 g/mol. The summed E-state index contributed by atoms with van der Waals surface area (Å²) in [5, 5.41) is 2.72. The molecule has 0 spiro atoms. The number of ether oxygens (including phenoxy) is 3. The van der Waals surface area contributed by atoms with E-state index in [1.54, 1.807) is 0 Å². The Kier molecular flexibility index (Phi) is 13.0. The molecule has 0 aliphatic heterocycles. The Morgan fingerprint density at radius 2 is 1.32 bits per heavy atom. The first kappa shape index (κ1) is 28.7. The second-order valence-electron chi connectivity index (χ2n) is 9.66. The van der Waals surface area contributed by atoms with Gasteiger partial charge in [0.1, 0.15) is 13.2 Å². The Hall–Kier alpha value is -2.86. The van der Waals surface area contributed by atoms with Crippen molar-refractivity contribution in [3.05, 3.63) is 59.7 Å². The molecule has 0 heterocycles. The van der Waals surface area contributed by atoms with Gasteiger partial charge in [-0.15, -0.1) is 0 Å². The van der Waals surface area contributed by atoms with Crippen molar-refractivity contribution in [3.8, 4) is 11.1 Å². The van der Waals surface area contributed by atoms with Crippen molar-refractivity contribution in [2.24, 2.45) is 0 Å². The molecule has 0 fully saturated rings. The van der Waals surface area contributed by atoms with Gasteiger partial charge in [0.15, 0.2) is 0 Å². The van der Waals surface area contributed by atoms with Gasteiger partial charge in [0.25, 0.3) is 0 Å². The first-order valence-electron chi connectivity index (χ1n) is 14.0. The molecule has 0 atom stereocenters. The van der Waals surface area contributed by atoms with Crippen LogP contribution in [0.15, 0.2) is 48.5 Å². The van der Waals surface area contributed by atoms with E-state index in [-0.39, 0.29) is 25.1 Å². The highest BCUT2D eigenvalue weighted by Gasteiger charge is 2.28. The number of esters is 1. The molecule has 6 nitrogen and oxygen atoms in total. The van der Waals surface area contributed by atoms with Crippen molar-refractivity contribution < 1.29 is 23.8 Å². The minimum absolute atomic E-state index is 0.0413. The van der Waals surface area contributed by atoms with E-state index in [0.29, 0.717) is 26.2 Å². The zero-order valence-corrected chi connectivity index (χ0v) is 22.3. The van der Waals surface area contributed by atoms with E-state index < -0.39 is 6.09 Å². The summed E-state index contributed by atoms with van der Waals surface area (Å²) in [5.74, 6) is -0.122. The summed E-state index contributed by atoms with van der Waals surface area (Å²) in [6, 6.07) is 16.5. The fraction of sp³-hybridized carbons (Fsp3) is 0.548. The average Bonchev–Trinajstić information content (AvgIpc) is 3.24. The topological polar surface area (TPSA) is 73.9 Å². The van der Waals surface area contributed by atoms with E-state index >= 15 is 0 Å². The molecule has 1 aliphatic rings. The van der Waals surface area contributed by atoms with Crippen molar-refractivity contribution >= 4 is 12.1 Å². The van der Waals surface area contributed by atoms with Crippen LogP contribution in [-0.4, -0.2) is 45.0 Å². The lowest BCUT2D eigenvalue weighted by molar-refractivity contribution is -0.145. The minimum atomic E-state index is -0.460. The lowest BCUT2D eigenvalue weighted by atomic mass is 9.98. The standard InChI is InChI=1S/C31H43NO5/c1-2-3-4-5-6-7-8-9-10-19-30(33)36-23-22-35-21-20-32-31(34)37-24-29-27-17-13-11-15-25(27)26-16-12-14-18-28(26)29/h11-18,29H,2-10,19-24H2,1H3,(H,32,34). The van der Waals surface area contributed by atoms with Crippen LogP contribution in [-0.2, 0) is 19.0 Å². The second kappa shape index (κ2) is 16.8. The first-order valence-corrected chi connectivity index (χ1v) is 14.0. The molecule has 2 aromatic rings. The second-order valence-corrected chi connectivity index (χ2v) is 9.66. The zero-order valence-electron chi connectivity index (χ0n) is 22.3. The first-order chi connectivity index (χ1) is 18.2. The number of unbranched alkanes of at least 4 members (excludes halogenated alkanes) is 8. The van der Waals surface area contributed by atoms with Gasteiger partial charge >= 0.3 is 12.1 Å². The lowest BCUT2D eigenvalue weighted by Gasteiger charge is -2.14. The van der Waals surface area contributed by atoms with Gasteiger partial charge < -0.3 is 19.5 Å². The summed E-state index contributed by atoms with van der Waals surface area (Å²) in [4.78, 5) is 24.0. The van der Waals surface area contributed by atoms with Crippen LogP contribution < -0.4 is 5.32 Å². The van der Waals surface area contributed by atoms with Gasteiger partial charge in [-0.2, -0.15) is 0 Å². The van der Waals surface area contributed by atoms with Crippen molar-refractivity contribution in [1.82, 2.24) is 5.32 Å². The Bertz CT molecular complexity index is 915. The number of rotatable bonds is 18. The van der Waals surface area contributed by atoms with E-state index in [4.69, 9.17) is 14.2 Å². The summed E-state index contributed by atoms with van der Waals surface area (Å²) >= 11 is 0. The third-order valence-electron chi connectivity index (χ3n) is 6.83. The van der Waals surface area contributed by atoms with Crippen molar-refractivity contribution in [3.63, 3.8) is 0 Å². The van der Waals surface area contributed by atoms with E-state index in [9.17, 15) is 9.59 Å². The minimum Gasteiger partial charge on any atom is -0.463 e. The SMILES string of the molecule is CCCCCCCCCCCC(=O)OCCOCCNC(=O)OCC1c2ccccc2-c2ccccc21. The highest BCUT2D eigenvalue weighted by Crippen LogP contribution is 2.44. The number of carbonyl (C=O) groups is 2. The molecular formula is C31H43NO5. The fourth-order valence-corrected chi connectivity index (χ4v) is 4.84. The van der Waals surface area contributed by atoms with Crippen LogP contribution >= 0.6 is 0 Å². The number of amides is 1. The van der Waals surface area contributed by atoms with Gasteiger partial charge in [0, 0.05) is 18.9 Å². The Balaban J connectivity index is 1.17. The molecule has 1 N–H and O–H groups in total. The van der Waals surface area contributed by atoms with Crippen LogP contribution in [0.5, 0.6) is 0 Å². The zero-order chi connectivity index (χ0) is 26.1. The predicted octanol–water partition coefficient (Wildman–Crippen LogP) is 7.01. The van der Waals surface area contributed by atoms with E-state index in [0.717, 1.165) is 12.8 Å². The highest BCUT2D eigenvalue weighted by molar-refractivity contribution is 5.79. The van der Waals surface area contributed by atoms with Crippen LogP contribution in [0.1, 0.15) is 88.2 Å². The molecular weight excluding hydrogens is 466 g/mol. The summed E-state index contributed by atoms with van der Waals surface area (Å²) in [6.45, 7) is 3.74. The van der Waals surface area contributed by atoms with Gasteiger partial charge in [-0.05, 0) is 28.7 Å². The molecule has 0 radical (unpaired) electrons. The van der Waals surface area contributed by atoms with Gasteiger partial charge in [0.2, 0.25) is 0 Å². The average molecular weight is 510 g/mol. The molecule has 3 rings (SSSR count). The Morgan fingerprint density at radius 3 is 1.97 bits per heavy atom. The molecule has 0 saturated heterocycles. The van der Waals surface area contributed by atoms with Crippen molar-refractivity contribution in [2.45, 2.75) is 77.0 Å². The maximum Gasteiger partial charge on any atom is 0.407 e. The molecule has 2 aromatic carbocycles. The highest BCUT2D eigenvalue weighted by atomic mass is 16.6. The largest absolute Gasteiger partial charge is 0.463 e. The van der Waals surface area contributed by atoms with Crippen LogP contribution in [0, 0.1) is 0 Å². The quantitative estimate of drug-likeness (QED) is 0.173. The molecule has 0 saturated carbocycles. The summed E-state index contributed by atoms with van der Waals surface area (Å²) in [7, 11) is 0. The van der Waals surface area contributed by atoms with E-state index in [1.165, 1.54) is 67.2 Å². The smallest absolute Gasteiger partial charge is 0.407 e. The fourth-order valence-electron chi connectivity index (χ4n) is 4.84. The normalized spacial score (nSPS) is 12.1. The van der Waals surface area contributed by atoms with E-state index in [2.05, 4.69) is 36.5 Å². The molecule has 6 heteroatoms.